The van der Waals surface area contributed by atoms with Gasteiger partial charge in [-0.05, 0) is 0 Å². The molecule has 6 nitrogen and oxygen atoms in total. The molecule has 0 aromatic carbocycles. The fourth-order valence-corrected chi connectivity index (χ4v) is 1.03. The molecule has 0 unspecified atom stereocenters. The third-order valence-corrected chi connectivity index (χ3v) is 1.66. The van der Waals surface area contributed by atoms with Gasteiger partial charge in [0.1, 0.15) is 20.0 Å². The monoisotopic (exact) mass is 270 g/mol. The van der Waals surface area contributed by atoms with Crippen LogP contribution in [0.25, 0.3) is 0 Å². The van der Waals surface area contributed by atoms with Gasteiger partial charge in [-0.15, -0.1) is 0 Å². The van der Waals surface area contributed by atoms with Gasteiger partial charge in [0.15, 0.2) is 0 Å². The van der Waals surface area contributed by atoms with Gasteiger partial charge >= 0.3 is 22.0 Å². The average Bonchev–Trinajstić information content (AvgIpc) is 2.40. The first-order chi connectivity index (χ1) is 8.80. The Kier molecular flexibility index (Phi) is 8.47. The van der Waals surface area contributed by atoms with Crippen LogP contribution < -0.4 is 0 Å². The molecule has 0 radical (unpaired) electrons. The number of hydrogen-bond donors (Lipinski definition) is 0. The molecule has 0 aromatic rings. The van der Waals surface area contributed by atoms with Crippen molar-refractivity contribution < 1.29 is 40.8 Å². The molecule has 1 fully saturated rings. The SMILES string of the molecule is FCCOB1OB(OCCF)OB(OCCF)O1. The van der Waals surface area contributed by atoms with Crippen LogP contribution in [0.5, 0.6) is 0 Å². The minimum atomic E-state index is -1.29. The van der Waals surface area contributed by atoms with Crippen LogP contribution in [0.3, 0.4) is 0 Å². The summed E-state index contributed by atoms with van der Waals surface area (Å²) in [7, 11) is -3.86. The van der Waals surface area contributed by atoms with Crippen LogP contribution in [0, 0.1) is 0 Å². The first-order valence-electron chi connectivity index (χ1n) is 5.29. The molecule has 1 heterocycles. The van der Waals surface area contributed by atoms with E-state index in [2.05, 4.69) is 0 Å². The van der Waals surface area contributed by atoms with Crippen molar-refractivity contribution in [2.45, 2.75) is 0 Å². The lowest BCUT2D eigenvalue weighted by Gasteiger charge is -2.27. The maximum atomic E-state index is 11.9. The van der Waals surface area contributed by atoms with E-state index in [1.807, 2.05) is 0 Å². The molecular weight excluding hydrogens is 257 g/mol. The molecular formula is C6H12B3F3O6. The Balaban J connectivity index is 2.38. The number of hydrogen-bond acceptors (Lipinski definition) is 6. The standard InChI is InChI=1S/C6H12B3F3O6/c10-1-4-13-7-16-8(14-5-2-11)18-9(17-7)15-6-3-12/h1-6H2. The van der Waals surface area contributed by atoms with E-state index in [1.54, 1.807) is 0 Å². The van der Waals surface area contributed by atoms with E-state index in [9.17, 15) is 13.2 Å². The maximum absolute atomic E-state index is 11.9. The summed E-state index contributed by atoms with van der Waals surface area (Å²) in [6.45, 7) is -3.02. The highest BCUT2D eigenvalue weighted by molar-refractivity contribution is 6.66. The highest BCUT2D eigenvalue weighted by Crippen LogP contribution is 2.11. The fraction of sp³-hybridized carbons (Fsp3) is 1.00. The van der Waals surface area contributed by atoms with Gasteiger partial charge < -0.3 is 27.7 Å². The summed E-state index contributed by atoms with van der Waals surface area (Å²) in [5.74, 6) is 0. The summed E-state index contributed by atoms with van der Waals surface area (Å²) >= 11 is 0. The van der Waals surface area contributed by atoms with Crippen LogP contribution >= 0.6 is 0 Å². The molecule has 0 N–H and O–H groups in total. The molecule has 0 amide bonds. The third kappa shape index (κ3) is 6.07. The van der Waals surface area contributed by atoms with Crippen molar-refractivity contribution in [1.82, 2.24) is 0 Å². The molecule has 1 saturated heterocycles. The van der Waals surface area contributed by atoms with Crippen molar-refractivity contribution in [1.29, 1.82) is 0 Å². The quantitative estimate of drug-likeness (QED) is 0.548. The lowest BCUT2D eigenvalue weighted by Crippen LogP contribution is -2.53. The van der Waals surface area contributed by atoms with Crippen LogP contribution in [-0.2, 0) is 27.7 Å². The molecule has 0 aliphatic carbocycles. The lowest BCUT2D eigenvalue weighted by atomic mass is 9.96. The van der Waals surface area contributed by atoms with E-state index in [0.717, 1.165) is 0 Å². The summed E-state index contributed by atoms with van der Waals surface area (Å²) in [6.07, 6.45) is 0. The van der Waals surface area contributed by atoms with Crippen LogP contribution in [0.2, 0.25) is 0 Å². The Labute approximate surface area is 104 Å². The summed E-state index contributed by atoms with van der Waals surface area (Å²) in [5.41, 5.74) is 0. The van der Waals surface area contributed by atoms with Crippen LogP contribution in [0.4, 0.5) is 13.2 Å². The topological polar surface area (TPSA) is 55.4 Å². The van der Waals surface area contributed by atoms with E-state index < -0.39 is 42.0 Å². The Morgan fingerprint density at radius 2 is 0.889 bits per heavy atom. The molecule has 0 saturated carbocycles. The first kappa shape index (κ1) is 15.8. The molecule has 0 spiro atoms. The van der Waals surface area contributed by atoms with Crippen LogP contribution in [0.15, 0.2) is 0 Å². The van der Waals surface area contributed by atoms with Gasteiger partial charge in [-0.3, -0.25) is 0 Å². The maximum Gasteiger partial charge on any atom is 0.615 e. The number of alkyl halides is 3. The Morgan fingerprint density at radius 3 is 1.11 bits per heavy atom. The fourth-order valence-electron chi connectivity index (χ4n) is 1.03. The Hall–Kier alpha value is -0.255. The predicted molar refractivity (Wildman–Crippen MR) is 56.3 cm³/mol. The third-order valence-electron chi connectivity index (χ3n) is 1.66. The van der Waals surface area contributed by atoms with Gasteiger partial charge in [-0.2, -0.15) is 0 Å². The van der Waals surface area contributed by atoms with Crippen LogP contribution in [-0.4, -0.2) is 61.8 Å². The summed E-state index contributed by atoms with van der Waals surface area (Å²) in [4.78, 5) is 0. The molecule has 18 heavy (non-hydrogen) atoms. The second-order valence-corrected chi connectivity index (χ2v) is 2.95. The van der Waals surface area contributed by atoms with Gasteiger partial charge in [-0.1, -0.05) is 0 Å². The van der Waals surface area contributed by atoms with Gasteiger partial charge in [0, 0.05) is 0 Å². The Morgan fingerprint density at radius 1 is 0.611 bits per heavy atom. The van der Waals surface area contributed by atoms with Gasteiger partial charge in [0.25, 0.3) is 0 Å². The predicted octanol–water partition coefficient (Wildman–Crippen LogP) is -0.0372. The average molecular weight is 270 g/mol. The molecule has 0 aromatic heterocycles. The molecule has 12 heteroatoms. The second-order valence-electron chi connectivity index (χ2n) is 2.95. The molecule has 102 valence electrons. The molecule has 1 rings (SSSR count). The van der Waals surface area contributed by atoms with Crippen LogP contribution in [0.1, 0.15) is 0 Å². The van der Waals surface area contributed by atoms with Crippen molar-refractivity contribution >= 4 is 22.0 Å². The smallest absolute Gasteiger partial charge is 0.400 e. The van der Waals surface area contributed by atoms with E-state index in [0.29, 0.717) is 0 Å². The molecule has 0 bridgehead atoms. The summed E-state index contributed by atoms with van der Waals surface area (Å²) in [5, 5.41) is 0. The molecule has 0 atom stereocenters. The number of rotatable bonds is 9. The highest BCUT2D eigenvalue weighted by atomic mass is 19.1. The lowest BCUT2D eigenvalue weighted by molar-refractivity contribution is 0.0600. The zero-order valence-corrected chi connectivity index (χ0v) is 9.56. The zero-order chi connectivity index (χ0) is 13.2. The van der Waals surface area contributed by atoms with Crippen molar-refractivity contribution in [2.75, 3.05) is 39.8 Å². The minimum Gasteiger partial charge on any atom is -0.400 e. The number of halogens is 3. The normalized spacial score (nSPS) is 16.5. The molecule has 1 aliphatic heterocycles. The second kappa shape index (κ2) is 9.65. The van der Waals surface area contributed by atoms with Gasteiger partial charge in [-0.25, -0.2) is 13.2 Å². The Bertz CT molecular complexity index is 180. The van der Waals surface area contributed by atoms with E-state index in [4.69, 9.17) is 27.7 Å². The first-order valence-corrected chi connectivity index (χ1v) is 5.29. The zero-order valence-electron chi connectivity index (χ0n) is 9.56. The van der Waals surface area contributed by atoms with Crippen molar-refractivity contribution in [3.8, 4) is 0 Å². The van der Waals surface area contributed by atoms with Crippen molar-refractivity contribution in [3.63, 3.8) is 0 Å². The van der Waals surface area contributed by atoms with Crippen molar-refractivity contribution in [3.05, 3.63) is 0 Å². The molecule has 1 aliphatic rings. The van der Waals surface area contributed by atoms with E-state index in [-0.39, 0.29) is 19.8 Å². The van der Waals surface area contributed by atoms with E-state index in [1.165, 1.54) is 0 Å². The highest BCUT2D eigenvalue weighted by Gasteiger charge is 2.46. The van der Waals surface area contributed by atoms with E-state index >= 15 is 0 Å². The summed E-state index contributed by atoms with van der Waals surface area (Å²) < 4.78 is 64.9. The van der Waals surface area contributed by atoms with Gasteiger partial charge in [0.05, 0.1) is 19.8 Å². The largest absolute Gasteiger partial charge is 0.615 e. The summed E-state index contributed by atoms with van der Waals surface area (Å²) in [6, 6.07) is 0. The van der Waals surface area contributed by atoms with Gasteiger partial charge in [0.2, 0.25) is 0 Å². The minimum absolute atomic E-state index is 0.268. The van der Waals surface area contributed by atoms with Crippen molar-refractivity contribution in [2.24, 2.45) is 0 Å².